The van der Waals surface area contributed by atoms with Gasteiger partial charge in [0.05, 0.1) is 24.2 Å². The fourth-order valence-corrected chi connectivity index (χ4v) is 2.53. The molecule has 0 aromatic heterocycles. The lowest BCUT2D eigenvalue weighted by Gasteiger charge is -2.32. The summed E-state index contributed by atoms with van der Waals surface area (Å²) in [6, 6.07) is 5.12. The molecule has 1 heterocycles. The Hall–Kier alpha value is -1.70. The first-order chi connectivity index (χ1) is 10.2. The number of hydrogen-bond acceptors (Lipinski definition) is 6. The highest BCUT2D eigenvalue weighted by Crippen LogP contribution is 2.29. The Balaban J connectivity index is 2.18. The van der Waals surface area contributed by atoms with Crippen molar-refractivity contribution in [2.24, 2.45) is 0 Å². The third kappa shape index (κ3) is 3.90. The van der Waals surface area contributed by atoms with Crippen LogP contribution >= 0.6 is 0 Å². The maximum absolute atomic E-state index is 11.1. The Morgan fingerprint density at radius 2 is 2.38 bits per heavy atom. The molecule has 2 rings (SSSR count). The Morgan fingerprint density at radius 3 is 3.05 bits per heavy atom. The van der Waals surface area contributed by atoms with Crippen LogP contribution in [-0.2, 0) is 11.3 Å². The largest absolute Gasteiger partial charge is 0.394 e. The van der Waals surface area contributed by atoms with E-state index in [1.165, 1.54) is 6.07 Å². The Bertz CT molecular complexity index is 495. The molecule has 7 nitrogen and oxygen atoms in total. The number of aliphatic hydroxyl groups is 1. The van der Waals surface area contributed by atoms with Gasteiger partial charge in [0.2, 0.25) is 0 Å². The zero-order valence-electron chi connectivity index (χ0n) is 12.1. The van der Waals surface area contributed by atoms with Crippen molar-refractivity contribution in [2.75, 3.05) is 38.2 Å². The third-order valence-electron chi connectivity index (χ3n) is 3.50. The predicted octanol–water partition coefficient (Wildman–Crippen LogP) is 1.22. The quantitative estimate of drug-likeness (QED) is 0.606. The molecule has 1 unspecified atom stereocenters. The summed E-state index contributed by atoms with van der Waals surface area (Å²) in [7, 11) is 0. The molecule has 0 amide bonds. The summed E-state index contributed by atoms with van der Waals surface area (Å²) in [6.07, 6.45) is -0.181. The van der Waals surface area contributed by atoms with Crippen molar-refractivity contribution in [2.45, 2.75) is 19.6 Å². The molecule has 1 saturated heterocycles. The second-order valence-electron chi connectivity index (χ2n) is 5.01. The normalized spacial score (nSPS) is 19.4. The molecule has 0 bridgehead atoms. The summed E-state index contributed by atoms with van der Waals surface area (Å²) in [4.78, 5) is 12.9. The van der Waals surface area contributed by atoms with Crippen molar-refractivity contribution >= 4 is 11.4 Å². The van der Waals surface area contributed by atoms with Crippen LogP contribution in [-0.4, -0.2) is 53.9 Å². The molecule has 1 aromatic carbocycles. The minimum Gasteiger partial charge on any atom is -0.394 e. The van der Waals surface area contributed by atoms with Crippen LogP contribution in [0.25, 0.3) is 0 Å². The summed E-state index contributed by atoms with van der Waals surface area (Å²) in [6.45, 7) is 5.08. The first kappa shape index (κ1) is 15.7. The first-order valence-electron chi connectivity index (χ1n) is 7.10. The van der Waals surface area contributed by atoms with Gasteiger partial charge in [0.15, 0.2) is 0 Å². The highest BCUT2D eigenvalue weighted by Gasteiger charge is 2.23. The number of anilines is 1. The summed E-state index contributed by atoms with van der Waals surface area (Å²) >= 11 is 0. The van der Waals surface area contributed by atoms with E-state index in [0.717, 1.165) is 12.1 Å². The van der Waals surface area contributed by atoms with E-state index in [4.69, 9.17) is 4.74 Å². The van der Waals surface area contributed by atoms with Crippen molar-refractivity contribution < 1.29 is 14.8 Å². The molecule has 0 radical (unpaired) electrons. The second-order valence-corrected chi connectivity index (χ2v) is 5.01. The maximum atomic E-state index is 11.1. The Labute approximate surface area is 123 Å². The molecule has 1 aliphatic heterocycles. The van der Waals surface area contributed by atoms with Gasteiger partial charge in [0, 0.05) is 32.2 Å². The van der Waals surface area contributed by atoms with E-state index in [9.17, 15) is 15.2 Å². The van der Waals surface area contributed by atoms with Gasteiger partial charge in [0.1, 0.15) is 5.69 Å². The molecule has 1 atom stereocenters. The lowest BCUT2D eigenvalue weighted by atomic mass is 10.1. The third-order valence-corrected chi connectivity index (χ3v) is 3.50. The summed E-state index contributed by atoms with van der Waals surface area (Å²) in [5.41, 5.74) is 1.57. The number of rotatable bonds is 6. The van der Waals surface area contributed by atoms with E-state index in [1.54, 1.807) is 6.07 Å². The number of aliphatic hydroxyl groups excluding tert-OH is 1. The number of nitro benzene ring substituents is 1. The van der Waals surface area contributed by atoms with Crippen molar-refractivity contribution in [1.82, 2.24) is 4.90 Å². The number of nitrogens with one attached hydrogen (secondary N) is 1. The summed E-state index contributed by atoms with van der Waals surface area (Å²) < 4.78 is 5.42. The van der Waals surface area contributed by atoms with Gasteiger partial charge >= 0.3 is 0 Å². The summed E-state index contributed by atoms with van der Waals surface area (Å²) in [5, 5.41) is 23.4. The van der Waals surface area contributed by atoms with Crippen molar-refractivity contribution in [1.29, 1.82) is 0 Å². The van der Waals surface area contributed by atoms with Crippen LogP contribution < -0.4 is 5.32 Å². The molecule has 1 fully saturated rings. The zero-order valence-corrected chi connectivity index (χ0v) is 12.1. The van der Waals surface area contributed by atoms with Crippen molar-refractivity contribution in [3.8, 4) is 0 Å². The van der Waals surface area contributed by atoms with E-state index >= 15 is 0 Å². The van der Waals surface area contributed by atoms with Crippen LogP contribution in [0, 0.1) is 10.1 Å². The van der Waals surface area contributed by atoms with Crippen LogP contribution in [0.1, 0.15) is 12.5 Å². The molecule has 1 aliphatic rings. The number of ether oxygens (including phenoxy) is 1. The maximum Gasteiger partial charge on any atom is 0.292 e. The minimum absolute atomic E-state index is 0.00843. The Kier molecular flexibility index (Phi) is 5.49. The van der Waals surface area contributed by atoms with Gasteiger partial charge in [-0.1, -0.05) is 12.1 Å². The molecule has 0 saturated carbocycles. The number of benzene rings is 1. The van der Waals surface area contributed by atoms with Crippen molar-refractivity contribution in [3.05, 3.63) is 33.9 Å². The van der Waals surface area contributed by atoms with Crippen LogP contribution in [0.15, 0.2) is 18.2 Å². The van der Waals surface area contributed by atoms with Gasteiger partial charge in [-0.2, -0.15) is 0 Å². The van der Waals surface area contributed by atoms with Crippen LogP contribution in [0.4, 0.5) is 11.4 Å². The van der Waals surface area contributed by atoms with E-state index in [2.05, 4.69) is 10.2 Å². The second kappa shape index (κ2) is 7.35. The monoisotopic (exact) mass is 295 g/mol. The van der Waals surface area contributed by atoms with Gasteiger partial charge in [-0.3, -0.25) is 15.0 Å². The Morgan fingerprint density at radius 1 is 1.57 bits per heavy atom. The zero-order chi connectivity index (χ0) is 15.2. The van der Waals surface area contributed by atoms with Crippen molar-refractivity contribution in [3.63, 3.8) is 0 Å². The van der Waals surface area contributed by atoms with Crippen LogP contribution in [0.3, 0.4) is 0 Å². The highest BCUT2D eigenvalue weighted by molar-refractivity contribution is 5.66. The lowest BCUT2D eigenvalue weighted by molar-refractivity contribution is -0.384. The SMILES string of the molecule is CCNc1c(CN2CCOC(CO)C2)cccc1[N+](=O)[O-]. The van der Waals surface area contributed by atoms with Gasteiger partial charge in [-0.15, -0.1) is 0 Å². The molecular weight excluding hydrogens is 274 g/mol. The molecule has 116 valence electrons. The molecular formula is C14H21N3O4. The minimum atomic E-state index is -0.364. The van der Waals surface area contributed by atoms with Gasteiger partial charge in [0.25, 0.3) is 5.69 Å². The lowest BCUT2D eigenvalue weighted by Crippen LogP contribution is -2.43. The first-order valence-corrected chi connectivity index (χ1v) is 7.10. The topological polar surface area (TPSA) is 87.9 Å². The van der Waals surface area contributed by atoms with Crippen LogP contribution in [0.2, 0.25) is 0 Å². The predicted molar refractivity (Wildman–Crippen MR) is 79.4 cm³/mol. The highest BCUT2D eigenvalue weighted by atomic mass is 16.6. The van der Waals surface area contributed by atoms with Gasteiger partial charge in [-0.25, -0.2) is 0 Å². The molecule has 0 aliphatic carbocycles. The van der Waals surface area contributed by atoms with E-state index in [1.807, 2.05) is 13.0 Å². The van der Waals surface area contributed by atoms with Crippen LogP contribution in [0.5, 0.6) is 0 Å². The van der Waals surface area contributed by atoms with Gasteiger partial charge in [-0.05, 0) is 12.5 Å². The van der Waals surface area contributed by atoms with E-state index in [0.29, 0.717) is 31.9 Å². The number of nitro groups is 1. The average molecular weight is 295 g/mol. The molecule has 7 heteroatoms. The standard InChI is InChI=1S/C14H21N3O4/c1-2-15-14-11(4-3-5-13(14)17(19)20)8-16-6-7-21-12(9-16)10-18/h3-5,12,15,18H,2,6-10H2,1H3. The summed E-state index contributed by atoms with van der Waals surface area (Å²) in [5.74, 6) is 0. The number of nitrogens with zero attached hydrogens (tertiary/aromatic N) is 2. The van der Waals surface area contributed by atoms with E-state index < -0.39 is 0 Å². The molecule has 1 aromatic rings. The molecule has 2 N–H and O–H groups in total. The fraction of sp³-hybridized carbons (Fsp3) is 0.571. The molecule has 0 spiro atoms. The fourth-order valence-electron chi connectivity index (χ4n) is 2.53. The van der Waals surface area contributed by atoms with Gasteiger partial charge < -0.3 is 15.2 Å². The smallest absolute Gasteiger partial charge is 0.292 e. The number of hydrogen-bond donors (Lipinski definition) is 2. The number of morpholine rings is 1. The van der Waals surface area contributed by atoms with E-state index in [-0.39, 0.29) is 23.3 Å². The average Bonchev–Trinajstić information content (AvgIpc) is 2.49. The number of para-hydroxylation sites is 1. The molecule has 21 heavy (non-hydrogen) atoms.